The van der Waals surface area contributed by atoms with E-state index in [1.807, 2.05) is 30.3 Å². The summed E-state index contributed by atoms with van der Waals surface area (Å²) >= 11 is 0. The molecule has 1 N–H and O–H groups in total. The van der Waals surface area contributed by atoms with Crippen LogP contribution in [0.1, 0.15) is 36.2 Å². The number of benzene rings is 2. The zero-order chi connectivity index (χ0) is 21.0. The molecule has 8 heteroatoms. The SMILES string of the molecule is O=C(Nc1ccc(S(=O)(=O)N2CCCCCC2)cc1)c1cc(-c2ccccc2)on1. The van der Waals surface area contributed by atoms with Crippen molar-refractivity contribution in [3.05, 3.63) is 66.4 Å². The summed E-state index contributed by atoms with van der Waals surface area (Å²) in [6.45, 7) is 1.10. The highest BCUT2D eigenvalue weighted by Gasteiger charge is 2.25. The van der Waals surface area contributed by atoms with Crippen LogP contribution in [0.5, 0.6) is 0 Å². The van der Waals surface area contributed by atoms with Crippen molar-refractivity contribution in [2.75, 3.05) is 18.4 Å². The Labute approximate surface area is 175 Å². The van der Waals surface area contributed by atoms with Gasteiger partial charge in [-0.2, -0.15) is 4.31 Å². The van der Waals surface area contributed by atoms with E-state index < -0.39 is 15.9 Å². The molecule has 2 aromatic carbocycles. The van der Waals surface area contributed by atoms with E-state index in [1.54, 1.807) is 22.5 Å². The highest BCUT2D eigenvalue weighted by Crippen LogP contribution is 2.23. The lowest BCUT2D eigenvalue weighted by molar-refractivity contribution is 0.101. The lowest BCUT2D eigenvalue weighted by Gasteiger charge is -2.20. The fraction of sp³-hybridized carbons (Fsp3) is 0.273. The van der Waals surface area contributed by atoms with Gasteiger partial charge in [-0.15, -0.1) is 0 Å². The maximum absolute atomic E-state index is 12.8. The first-order chi connectivity index (χ1) is 14.5. The molecule has 1 aromatic heterocycles. The fourth-order valence-electron chi connectivity index (χ4n) is 3.46. The summed E-state index contributed by atoms with van der Waals surface area (Å²) in [4.78, 5) is 12.7. The van der Waals surface area contributed by atoms with Crippen LogP contribution in [-0.4, -0.2) is 36.9 Å². The van der Waals surface area contributed by atoms with E-state index >= 15 is 0 Å². The van der Waals surface area contributed by atoms with E-state index in [0.29, 0.717) is 24.5 Å². The monoisotopic (exact) mass is 425 g/mol. The van der Waals surface area contributed by atoms with Gasteiger partial charge in [0.05, 0.1) is 4.90 Å². The molecule has 0 atom stereocenters. The molecule has 3 aromatic rings. The molecule has 1 aliphatic rings. The van der Waals surface area contributed by atoms with Crippen molar-refractivity contribution in [1.29, 1.82) is 0 Å². The predicted octanol–water partition coefficient (Wildman–Crippen LogP) is 4.16. The van der Waals surface area contributed by atoms with Gasteiger partial charge in [-0.3, -0.25) is 4.79 Å². The van der Waals surface area contributed by atoms with E-state index in [0.717, 1.165) is 31.2 Å². The molecule has 1 amide bonds. The zero-order valence-corrected chi connectivity index (χ0v) is 17.3. The number of carbonyl (C=O) groups excluding carboxylic acids is 1. The van der Waals surface area contributed by atoms with Crippen LogP contribution in [0.25, 0.3) is 11.3 Å². The third kappa shape index (κ3) is 4.44. The minimum atomic E-state index is -3.52. The van der Waals surface area contributed by atoms with Gasteiger partial charge in [-0.25, -0.2) is 8.42 Å². The molecule has 156 valence electrons. The summed E-state index contributed by atoms with van der Waals surface area (Å²) in [6.07, 6.45) is 3.89. The molecule has 2 heterocycles. The third-order valence-electron chi connectivity index (χ3n) is 5.12. The topological polar surface area (TPSA) is 92.5 Å². The predicted molar refractivity (Wildman–Crippen MR) is 114 cm³/mol. The Morgan fingerprint density at radius 1 is 0.933 bits per heavy atom. The molecule has 0 spiro atoms. The van der Waals surface area contributed by atoms with E-state index in [-0.39, 0.29) is 10.6 Å². The highest BCUT2D eigenvalue weighted by molar-refractivity contribution is 7.89. The van der Waals surface area contributed by atoms with Crippen LogP contribution < -0.4 is 5.32 Å². The van der Waals surface area contributed by atoms with Crippen LogP contribution in [0.4, 0.5) is 5.69 Å². The first-order valence-corrected chi connectivity index (χ1v) is 11.4. The second-order valence-corrected chi connectivity index (χ2v) is 9.18. The Hall–Kier alpha value is -2.97. The molecule has 30 heavy (non-hydrogen) atoms. The molecular formula is C22H23N3O4S. The van der Waals surface area contributed by atoms with Crippen molar-refractivity contribution in [3.63, 3.8) is 0 Å². The van der Waals surface area contributed by atoms with Crippen molar-refractivity contribution >= 4 is 21.6 Å². The summed E-state index contributed by atoms with van der Waals surface area (Å²) < 4.78 is 32.5. The van der Waals surface area contributed by atoms with Gasteiger partial charge in [-0.1, -0.05) is 48.3 Å². The average Bonchev–Trinajstić information content (AvgIpc) is 3.10. The molecule has 7 nitrogen and oxygen atoms in total. The average molecular weight is 426 g/mol. The van der Waals surface area contributed by atoms with Crippen LogP contribution in [0.3, 0.4) is 0 Å². The highest BCUT2D eigenvalue weighted by atomic mass is 32.2. The van der Waals surface area contributed by atoms with E-state index in [9.17, 15) is 13.2 Å². The van der Waals surface area contributed by atoms with Crippen molar-refractivity contribution in [3.8, 4) is 11.3 Å². The first kappa shape index (κ1) is 20.3. The summed E-state index contributed by atoms with van der Waals surface area (Å²) in [6, 6.07) is 17.2. The van der Waals surface area contributed by atoms with Crippen LogP contribution in [0.2, 0.25) is 0 Å². The number of carbonyl (C=O) groups is 1. The minimum Gasteiger partial charge on any atom is -0.355 e. The lowest BCUT2D eigenvalue weighted by atomic mass is 10.1. The third-order valence-corrected chi connectivity index (χ3v) is 7.03. The standard InChI is InChI=1S/C22H23N3O4S/c26-22(20-16-21(29-24-20)17-8-4-3-5-9-17)23-18-10-12-19(13-11-18)30(27,28)25-14-6-1-2-7-15-25/h3-5,8-13,16H,1-2,6-7,14-15H2,(H,23,26). The number of hydrogen-bond donors (Lipinski definition) is 1. The number of anilines is 1. The molecule has 0 aliphatic carbocycles. The molecule has 0 unspecified atom stereocenters. The Morgan fingerprint density at radius 2 is 1.60 bits per heavy atom. The molecule has 0 bridgehead atoms. The zero-order valence-electron chi connectivity index (χ0n) is 16.5. The van der Waals surface area contributed by atoms with Crippen LogP contribution in [0.15, 0.2) is 70.1 Å². The number of hydrogen-bond acceptors (Lipinski definition) is 5. The van der Waals surface area contributed by atoms with E-state index in [2.05, 4.69) is 10.5 Å². The Kier molecular flexibility index (Phi) is 5.96. The quantitative estimate of drug-likeness (QED) is 0.663. The minimum absolute atomic E-state index is 0.148. The maximum Gasteiger partial charge on any atom is 0.277 e. The van der Waals surface area contributed by atoms with Gasteiger partial charge in [0.1, 0.15) is 0 Å². The van der Waals surface area contributed by atoms with Crippen molar-refractivity contribution in [1.82, 2.24) is 9.46 Å². The van der Waals surface area contributed by atoms with E-state index in [4.69, 9.17) is 4.52 Å². The number of nitrogens with zero attached hydrogens (tertiary/aromatic N) is 2. The molecule has 1 fully saturated rings. The van der Waals surface area contributed by atoms with E-state index in [1.165, 1.54) is 12.1 Å². The van der Waals surface area contributed by atoms with Gasteiger partial charge >= 0.3 is 0 Å². The number of nitrogens with one attached hydrogen (secondary N) is 1. The lowest BCUT2D eigenvalue weighted by Crippen LogP contribution is -2.31. The Bertz CT molecular complexity index is 1100. The summed E-state index contributed by atoms with van der Waals surface area (Å²) in [5, 5.41) is 6.55. The van der Waals surface area contributed by atoms with Gasteiger partial charge in [0, 0.05) is 30.4 Å². The van der Waals surface area contributed by atoms with Gasteiger partial charge in [0.15, 0.2) is 11.5 Å². The van der Waals surface area contributed by atoms with Gasteiger partial charge in [0.2, 0.25) is 10.0 Å². The largest absolute Gasteiger partial charge is 0.355 e. The van der Waals surface area contributed by atoms with Crippen molar-refractivity contribution in [2.24, 2.45) is 0 Å². The molecule has 0 radical (unpaired) electrons. The fourth-order valence-corrected chi connectivity index (χ4v) is 4.97. The first-order valence-electron chi connectivity index (χ1n) is 9.98. The molecule has 0 saturated carbocycles. The summed E-state index contributed by atoms with van der Waals surface area (Å²) in [5.41, 5.74) is 1.46. The van der Waals surface area contributed by atoms with Gasteiger partial charge < -0.3 is 9.84 Å². The summed E-state index contributed by atoms with van der Waals surface area (Å²) in [5.74, 6) is 0.0729. The smallest absolute Gasteiger partial charge is 0.277 e. The van der Waals surface area contributed by atoms with Crippen LogP contribution >= 0.6 is 0 Å². The van der Waals surface area contributed by atoms with Crippen molar-refractivity contribution in [2.45, 2.75) is 30.6 Å². The number of amides is 1. The summed E-state index contributed by atoms with van der Waals surface area (Å²) in [7, 11) is -3.52. The molecule has 1 saturated heterocycles. The normalized spacial score (nSPS) is 15.5. The maximum atomic E-state index is 12.8. The number of sulfonamides is 1. The second kappa shape index (κ2) is 8.81. The molecule has 4 rings (SSSR count). The Morgan fingerprint density at radius 3 is 2.27 bits per heavy atom. The number of aromatic nitrogens is 1. The second-order valence-electron chi connectivity index (χ2n) is 7.24. The van der Waals surface area contributed by atoms with Gasteiger partial charge in [0.25, 0.3) is 5.91 Å². The van der Waals surface area contributed by atoms with Crippen LogP contribution in [0, 0.1) is 0 Å². The van der Waals surface area contributed by atoms with Crippen molar-refractivity contribution < 1.29 is 17.7 Å². The van der Waals surface area contributed by atoms with Crippen LogP contribution in [-0.2, 0) is 10.0 Å². The number of rotatable bonds is 5. The molecule has 1 aliphatic heterocycles. The van der Waals surface area contributed by atoms with Gasteiger partial charge in [-0.05, 0) is 37.1 Å². The molecular weight excluding hydrogens is 402 g/mol. The Balaban J connectivity index is 1.44.